The maximum atomic E-state index is 10.4. The number of nitrogens with one attached hydrogen (secondary N) is 1. The molecular weight excluding hydrogens is 188 g/mol. The van der Waals surface area contributed by atoms with Crippen molar-refractivity contribution in [3.8, 4) is 0 Å². The molecule has 7 heteroatoms. The molecule has 1 aromatic rings. The molecule has 7 nitrogen and oxygen atoms in total. The first-order valence-electron chi connectivity index (χ1n) is 3.71. The summed E-state index contributed by atoms with van der Waals surface area (Å²) < 4.78 is 0. The van der Waals surface area contributed by atoms with Crippen LogP contribution in [0.1, 0.15) is 0 Å². The zero-order valence-electron chi connectivity index (χ0n) is 7.38. The number of hydroxylamine groups is 1. The number of nitrogens with zero attached hydrogens (tertiary/aromatic N) is 3. The summed E-state index contributed by atoms with van der Waals surface area (Å²) in [5.74, 6) is 0. The summed E-state index contributed by atoms with van der Waals surface area (Å²) in [4.78, 5) is 10.2. The first-order chi connectivity index (χ1) is 6.59. The Balaban J connectivity index is 2.84. The van der Waals surface area contributed by atoms with Crippen molar-refractivity contribution in [1.82, 2.24) is 0 Å². The summed E-state index contributed by atoms with van der Waals surface area (Å²) in [6.45, 7) is 0. The number of benzene rings is 1. The maximum Gasteiger partial charge on any atom is 0.273 e. The van der Waals surface area contributed by atoms with E-state index in [0.29, 0.717) is 10.5 Å². The lowest BCUT2D eigenvalue weighted by molar-refractivity contribution is -0.497. The van der Waals surface area contributed by atoms with Crippen LogP contribution in [0.5, 0.6) is 0 Å². The molecule has 0 radical (unpaired) electrons. The van der Waals surface area contributed by atoms with Crippen molar-refractivity contribution < 1.29 is 9.78 Å². The fraction of sp³-hybridized carbons (Fsp3) is 0.143. The standard InChI is InChI=1S/C7H8N4O3/c1-10(12)9-8-6-3-2-4-7(5-6)11(13)14/h2-5,8H,1H3/b10-9+. The van der Waals surface area contributed by atoms with Gasteiger partial charge >= 0.3 is 0 Å². The molecule has 1 rings (SSSR count). The number of nitro groups is 1. The predicted molar refractivity (Wildman–Crippen MR) is 48.7 cm³/mol. The molecule has 0 aliphatic carbocycles. The van der Waals surface area contributed by atoms with Crippen LogP contribution in [0.3, 0.4) is 0 Å². The van der Waals surface area contributed by atoms with E-state index in [1.54, 1.807) is 6.07 Å². The van der Waals surface area contributed by atoms with Crippen molar-refractivity contribution >= 4 is 11.4 Å². The Morgan fingerprint density at radius 3 is 2.71 bits per heavy atom. The van der Waals surface area contributed by atoms with Crippen LogP contribution in [0.15, 0.2) is 29.5 Å². The molecular formula is C7H8N4O3. The van der Waals surface area contributed by atoms with E-state index in [2.05, 4.69) is 10.6 Å². The first kappa shape index (κ1) is 9.90. The second-order valence-corrected chi connectivity index (χ2v) is 2.48. The van der Waals surface area contributed by atoms with Gasteiger partial charge in [0.2, 0.25) is 0 Å². The Kier molecular flexibility index (Phi) is 2.95. The normalized spacial score (nSPS) is 11.1. The zero-order chi connectivity index (χ0) is 10.6. The summed E-state index contributed by atoms with van der Waals surface area (Å²) >= 11 is 0. The zero-order valence-corrected chi connectivity index (χ0v) is 7.38. The first-order valence-corrected chi connectivity index (χ1v) is 3.71. The fourth-order valence-corrected chi connectivity index (χ4v) is 0.817. The van der Waals surface area contributed by atoms with Crippen LogP contribution < -0.4 is 5.43 Å². The molecule has 14 heavy (non-hydrogen) atoms. The van der Waals surface area contributed by atoms with Gasteiger partial charge in [0.1, 0.15) is 7.05 Å². The van der Waals surface area contributed by atoms with E-state index in [-0.39, 0.29) is 5.69 Å². The van der Waals surface area contributed by atoms with Gasteiger partial charge in [0.05, 0.1) is 16.2 Å². The highest BCUT2D eigenvalue weighted by atomic mass is 16.6. The number of rotatable bonds is 3. The molecule has 0 saturated carbocycles. The smallest absolute Gasteiger partial charge is 0.273 e. The average molecular weight is 196 g/mol. The molecule has 74 valence electrons. The van der Waals surface area contributed by atoms with Crippen molar-refractivity contribution in [3.63, 3.8) is 0 Å². The second kappa shape index (κ2) is 4.17. The Morgan fingerprint density at radius 2 is 2.14 bits per heavy atom. The minimum absolute atomic E-state index is 0.0567. The van der Waals surface area contributed by atoms with Gasteiger partial charge in [-0.05, 0) is 6.07 Å². The molecule has 0 bridgehead atoms. The summed E-state index contributed by atoms with van der Waals surface area (Å²) in [6, 6.07) is 5.71. The molecule has 0 aliphatic rings. The second-order valence-electron chi connectivity index (χ2n) is 2.48. The third-order valence-corrected chi connectivity index (χ3v) is 1.38. The largest absolute Gasteiger partial charge is 0.696 e. The summed E-state index contributed by atoms with van der Waals surface area (Å²) in [7, 11) is 1.20. The Bertz CT molecular complexity index is 373. The molecule has 0 aliphatic heterocycles. The highest BCUT2D eigenvalue weighted by Gasteiger charge is 2.06. The van der Waals surface area contributed by atoms with E-state index in [9.17, 15) is 15.3 Å². The fourth-order valence-electron chi connectivity index (χ4n) is 0.817. The molecule has 0 atom stereocenters. The van der Waals surface area contributed by atoms with Gasteiger partial charge in [-0.15, -0.1) is 5.43 Å². The quantitative estimate of drug-likeness (QED) is 0.343. The van der Waals surface area contributed by atoms with Gasteiger partial charge in [-0.25, -0.2) is 0 Å². The lowest BCUT2D eigenvalue weighted by atomic mass is 10.3. The van der Waals surface area contributed by atoms with Gasteiger partial charge in [-0.3, -0.25) is 10.1 Å². The topological polar surface area (TPSA) is 93.6 Å². The lowest BCUT2D eigenvalue weighted by Gasteiger charge is -1.97. The molecule has 0 aromatic heterocycles. The van der Waals surface area contributed by atoms with Crippen molar-refractivity contribution in [2.45, 2.75) is 0 Å². The van der Waals surface area contributed by atoms with Crippen molar-refractivity contribution in [1.29, 1.82) is 0 Å². The SMILES string of the molecule is C/[N+]([O-])=N\Nc1cccc([N+](=O)[O-])c1. The van der Waals surface area contributed by atoms with Crippen LogP contribution >= 0.6 is 0 Å². The number of hydrogen-bond donors (Lipinski definition) is 1. The van der Waals surface area contributed by atoms with E-state index >= 15 is 0 Å². The molecule has 0 amide bonds. The van der Waals surface area contributed by atoms with Crippen molar-refractivity contribution in [3.05, 3.63) is 39.6 Å². The summed E-state index contributed by atoms with van der Waals surface area (Å²) in [5, 5.41) is 24.1. The highest BCUT2D eigenvalue weighted by molar-refractivity contribution is 5.50. The van der Waals surface area contributed by atoms with Gasteiger partial charge in [0.25, 0.3) is 5.69 Å². The Morgan fingerprint density at radius 1 is 1.43 bits per heavy atom. The Labute approximate surface area is 79.4 Å². The van der Waals surface area contributed by atoms with Crippen LogP contribution in [0, 0.1) is 15.3 Å². The molecule has 0 spiro atoms. The van der Waals surface area contributed by atoms with E-state index < -0.39 is 4.92 Å². The number of non-ortho nitro benzene ring substituents is 1. The predicted octanol–water partition coefficient (Wildman–Crippen LogP) is 1.51. The minimum Gasteiger partial charge on any atom is -0.696 e. The third kappa shape index (κ3) is 2.70. The van der Waals surface area contributed by atoms with Gasteiger partial charge in [-0.2, -0.15) is 4.86 Å². The van der Waals surface area contributed by atoms with Gasteiger partial charge in [-0.1, -0.05) is 6.07 Å². The monoisotopic (exact) mass is 196 g/mol. The van der Waals surface area contributed by atoms with Gasteiger partial charge in [0.15, 0.2) is 5.69 Å². The van der Waals surface area contributed by atoms with Crippen LogP contribution in [0.4, 0.5) is 11.4 Å². The highest BCUT2D eigenvalue weighted by Crippen LogP contribution is 2.16. The third-order valence-electron chi connectivity index (χ3n) is 1.38. The molecule has 1 aromatic carbocycles. The summed E-state index contributed by atoms with van der Waals surface area (Å²) in [6.07, 6.45) is 0. The molecule has 1 N–H and O–H groups in total. The van der Waals surface area contributed by atoms with Crippen molar-refractivity contribution in [2.75, 3.05) is 12.5 Å². The molecule has 0 unspecified atom stereocenters. The van der Waals surface area contributed by atoms with Gasteiger partial charge in [0, 0.05) is 6.07 Å². The number of anilines is 1. The number of hydrogen-bond acceptors (Lipinski definition) is 4. The van der Waals surface area contributed by atoms with Crippen LogP contribution in [0.2, 0.25) is 0 Å². The van der Waals surface area contributed by atoms with E-state index in [1.807, 2.05) is 0 Å². The summed E-state index contributed by atoms with van der Waals surface area (Å²) in [5.41, 5.74) is 2.71. The lowest BCUT2D eigenvalue weighted by Crippen LogP contribution is -1.97. The van der Waals surface area contributed by atoms with Crippen LogP contribution in [0.25, 0.3) is 0 Å². The maximum absolute atomic E-state index is 10.4. The van der Waals surface area contributed by atoms with Crippen LogP contribution in [-0.2, 0) is 0 Å². The molecule has 0 saturated heterocycles. The average Bonchev–Trinajstić information content (AvgIpc) is 2.15. The molecule has 0 heterocycles. The van der Waals surface area contributed by atoms with E-state index in [1.165, 1.54) is 25.2 Å². The van der Waals surface area contributed by atoms with E-state index in [0.717, 1.165) is 0 Å². The molecule has 0 fully saturated rings. The van der Waals surface area contributed by atoms with E-state index in [4.69, 9.17) is 0 Å². The van der Waals surface area contributed by atoms with Crippen molar-refractivity contribution in [2.24, 2.45) is 5.22 Å². The minimum atomic E-state index is -0.522. The van der Waals surface area contributed by atoms with Crippen LogP contribution in [-0.4, -0.2) is 16.8 Å². The Hall–Kier alpha value is -2.18. The number of nitro benzene ring substituents is 1. The van der Waals surface area contributed by atoms with Gasteiger partial charge < -0.3 is 5.21 Å².